The summed E-state index contributed by atoms with van der Waals surface area (Å²) in [5.41, 5.74) is 4.95. The summed E-state index contributed by atoms with van der Waals surface area (Å²) < 4.78 is 1.26. The van der Waals surface area contributed by atoms with Gasteiger partial charge in [0.15, 0.2) is 0 Å². The average Bonchev–Trinajstić information content (AvgIpc) is 2.55. The van der Waals surface area contributed by atoms with Crippen LogP contribution in [-0.4, -0.2) is 0 Å². The van der Waals surface area contributed by atoms with Gasteiger partial charge in [-0.05, 0) is 57.0 Å². The zero-order valence-corrected chi connectivity index (χ0v) is 13.7. The summed E-state index contributed by atoms with van der Waals surface area (Å²) in [6.45, 7) is 0. The fourth-order valence-electron chi connectivity index (χ4n) is 2.19. The summed E-state index contributed by atoms with van der Waals surface area (Å²) in [5.74, 6) is 0. The molecule has 3 aromatic carbocycles. The highest BCUT2D eigenvalue weighted by molar-refractivity contribution is 14.1. The van der Waals surface area contributed by atoms with Crippen LogP contribution in [0.1, 0.15) is 11.1 Å². The molecule has 0 fully saturated rings. The van der Waals surface area contributed by atoms with E-state index in [0.29, 0.717) is 0 Å². The highest BCUT2D eigenvalue weighted by atomic mass is 127. The normalized spacial score (nSPS) is 10.9. The number of hydrogen-bond acceptors (Lipinski definition) is 0. The Bertz CT molecular complexity index is 723. The van der Waals surface area contributed by atoms with E-state index >= 15 is 0 Å². The number of rotatable bonds is 3. The molecule has 0 aromatic heterocycles. The van der Waals surface area contributed by atoms with Gasteiger partial charge in [-0.3, -0.25) is 0 Å². The molecule has 0 bridgehead atoms. The molecule has 0 N–H and O–H groups in total. The molecule has 0 aliphatic carbocycles. The number of hydrogen-bond donors (Lipinski definition) is 0. The van der Waals surface area contributed by atoms with Crippen molar-refractivity contribution in [1.29, 1.82) is 0 Å². The molecule has 0 aliphatic heterocycles. The third-order valence-corrected chi connectivity index (χ3v) is 4.08. The molecule has 102 valence electrons. The average molecular weight is 382 g/mol. The van der Waals surface area contributed by atoms with Gasteiger partial charge < -0.3 is 0 Å². The molecule has 1 heteroatoms. The van der Waals surface area contributed by atoms with E-state index in [0.717, 1.165) is 0 Å². The maximum absolute atomic E-state index is 2.33. The van der Waals surface area contributed by atoms with Gasteiger partial charge in [0, 0.05) is 3.57 Å². The maximum Gasteiger partial charge on any atom is 0.0130 e. The van der Waals surface area contributed by atoms with Gasteiger partial charge in [0.2, 0.25) is 0 Å². The van der Waals surface area contributed by atoms with Gasteiger partial charge in [0.1, 0.15) is 0 Å². The second-order valence-corrected chi connectivity index (χ2v) is 6.12. The van der Waals surface area contributed by atoms with E-state index in [4.69, 9.17) is 0 Å². The topological polar surface area (TPSA) is 0 Å². The summed E-state index contributed by atoms with van der Waals surface area (Å²) in [6.07, 6.45) is 4.28. The zero-order valence-electron chi connectivity index (χ0n) is 11.5. The van der Waals surface area contributed by atoms with E-state index in [1.54, 1.807) is 0 Å². The van der Waals surface area contributed by atoms with Crippen LogP contribution in [0.25, 0.3) is 23.3 Å². The SMILES string of the molecule is Ic1ccc(-c2ccc(C=Cc3ccccc3)cc2)cc1. The minimum atomic E-state index is 1.22. The first-order chi connectivity index (χ1) is 10.3. The van der Waals surface area contributed by atoms with E-state index in [9.17, 15) is 0 Å². The third-order valence-electron chi connectivity index (χ3n) is 3.36. The molecule has 21 heavy (non-hydrogen) atoms. The second kappa shape index (κ2) is 6.72. The second-order valence-electron chi connectivity index (χ2n) is 4.87. The minimum absolute atomic E-state index is 1.22. The van der Waals surface area contributed by atoms with Crippen LogP contribution in [-0.2, 0) is 0 Å². The molecule has 0 nitrogen and oxygen atoms in total. The molecule has 0 spiro atoms. The lowest BCUT2D eigenvalue weighted by Crippen LogP contribution is -1.79. The fourth-order valence-corrected chi connectivity index (χ4v) is 2.55. The lowest BCUT2D eigenvalue weighted by Gasteiger charge is -2.02. The Kier molecular flexibility index (Phi) is 4.51. The Morgan fingerprint density at radius 1 is 0.524 bits per heavy atom. The Balaban J connectivity index is 1.78. The molecule has 0 radical (unpaired) electrons. The monoisotopic (exact) mass is 382 g/mol. The molecule has 3 rings (SSSR count). The summed E-state index contributed by atoms with van der Waals surface area (Å²) in [6, 6.07) is 27.6. The van der Waals surface area contributed by atoms with Crippen LogP contribution in [0.5, 0.6) is 0 Å². The van der Waals surface area contributed by atoms with E-state index < -0.39 is 0 Å². The van der Waals surface area contributed by atoms with E-state index in [-0.39, 0.29) is 0 Å². The lowest BCUT2D eigenvalue weighted by molar-refractivity contribution is 1.58. The van der Waals surface area contributed by atoms with Crippen molar-refractivity contribution in [2.75, 3.05) is 0 Å². The van der Waals surface area contributed by atoms with Crippen molar-refractivity contribution in [3.05, 3.63) is 93.6 Å². The summed E-state index contributed by atoms with van der Waals surface area (Å²) in [4.78, 5) is 0. The van der Waals surface area contributed by atoms with Crippen LogP contribution in [0, 0.1) is 3.57 Å². The first-order valence-corrected chi connectivity index (χ1v) is 7.98. The molecule has 0 aliphatic rings. The van der Waals surface area contributed by atoms with Gasteiger partial charge in [-0.25, -0.2) is 0 Å². The Labute approximate surface area is 139 Å². The van der Waals surface area contributed by atoms with Gasteiger partial charge in [0.25, 0.3) is 0 Å². The van der Waals surface area contributed by atoms with Crippen molar-refractivity contribution in [2.45, 2.75) is 0 Å². The zero-order chi connectivity index (χ0) is 14.5. The van der Waals surface area contributed by atoms with Crippen LogP contribution >= 0.6 is 22.6 Å². The molecule has 0 unspecified atom stereocenters. The summed E-state index contributed by atoms with van der Waals surface area (Å²) >= 11 is 2.33. The summed E-state index contributed by atoms with van der Waals surface area (Å²) in [7, 11) is 0. The van der Waals surface area contributed by atoms with Crippen LogP contribution in [0.15, 0.2) is 78.9 Å². The van der Waals surface area contributed by atoms with Crippen molar-refractivity contribution in [1.82, 2.24) is 0 Å². The lowest BCUT2D eigenvalue weighted by atomic mass is 10.0. The van der Waals surface area contributed by atoms with Crippen LogP contribution in [0.2, 0.25) is 0 Å². The first-order valence-electron chi connectivity index (χ1n) is 6.90. The Hall–Kier alpha value is -1.87. The van der Waals surface area contributed by atoms with Gasteiger partial charge in [-0.2, -0.15) is 0 Å². The van der Waals surface area contributed by atoms with Gasteiger partial charge in [-0.1, -0.05) is 78.9 Å². The van der Waals surface area contributed by atoms with E-state index in [2.05, 4.69) is 108 Å². The smallest absolute Gasteiger partial charge is 0.0130 e. The molecular formula is C20H15I. The molecule has 0 saturated carbocycles. The molecule has 0 heterocycles. The maximum atomic E-state index is 2.33. The Morgan fingerprint density at radius 3 is 1.57 bits per heavy atom. The quantitative estimate of drug-likeness (QED) is 0.378. The minimum Gasteiger partial charge on any atom is -0.0622 e. The first kappa shape index (κ1) is 14.1. The van der Waals surface area contributed by atoms with Crippen molar-refractivity contribution >= 4 is 34.7 Å². The predicted octanol–water partition coefficient (Wildman–Crippen LogP) is 6.13. The van der Waals surface area contributed by atoms with Crippen molar-refractivity contribution < 1.29 is 0 Å². The molecular weight excluding hydrogens is 367 g/mol. The number of benzene rings is 3. The highest BCUT2D eigenvalue weighted by Crippen LogP contribution is 2.21. The molecule has 0 saturated heterocycles. The number of halogens is 1. The van der Waals surface area contributed by atoms with Crippen LogP contribution in [0.4, 0.5) is 0 Å². The largest absolute Gasteiger partial charge is 0.0622 e. The fraction of sp³-hybridized carbons (Fsp3) is 0. The molecule has 3 aromatic rings. The standard InChI is InChI=1S/C20H15I/c21-20-14-12-19(13-15-20)18-10-8-17(9-11-18)7-6-16-4-2-1-3-5-16/h1-15H. The third kappa shape index (κ3) is 3.82. The van der Waals surface area contributed by atoms with Crippen molar-refractivity contribution in [2.24, 2.45) is 0 Å². The summed E-state index contributed by atoms with van der Waals surface area (Å²) in [5, 5.41) is 0. The van der Waals surface area contributed by atoms with Gasteiger partial charge in [0.05, 0.1) is 0 Å². The molecule has 0 atom stereocenters. The Morgan fingerprint density at radius 2 is 1.00 bits per heavy atom. The van der Waals surface area contributed by atoms with Gasteiger partial charge >= 0.3 is 0 Å². The highest BCUT2D eigenvalue weighted by Gasteiger charge is 1.97. The van der Waals surface area contributed by atoms with Crippen LogP contribution < -0.4 is 0 Å². The van der Waals surface area contributed by atoms with Gasteiger partial charge in [-0.15, -0.1) is 0 Å². The van der Waals surface area contributed by atoms with Crippen molar-refractivity contribution in [3.63, 3.8) is 0 Å². The van der Waals surface area contributed by atoms with E-state index in [1.807, 2.05) is 6.07 Å². The van der Waals surface area contributed by atoms with Crippen molar-refractivity contribution in [3.8, 4) is 11.1 Å². The predicted molar refractivity (Wildman–Crippen MR) is 100.0 cm³/mol. The molecule has 0 amide bonds. The van der Waals surface area contributed by atoms with E-state index in [1.165, 1.54) is 25.8 Å². The van der Waals surface area contributed by atoms with Crippen LogP contribution in [0.3, 0.4) is 0 Å².